The van der Waals surface area contributed by atoms with Gasteiger partial charge in [-0.05, 0) is 39.1 Å². The van der Waals surface area contributed by atoms with Crippen LogP contribution >= 0.6 is 11.3 Å². The molecule has 1 unspecified atom stereocenters. The summed E-state index contributed by atoms with van der Waals surface area (Å²) in [6, 6.07) is 5.17. The van der Waals surface area contributed by atoms with Gasteiger partial charge < -0.3 is 5.32 Å². The second kappa shape index (κ2) is 7.05. The summed E-state index contributed by atoms with van der Waals surface area (Å²) in [5.74, 6) is 0. The summed E-state index contributed by atoms with van der Waals surface area (Å²) >= 11 is 1.92. The monoisotopic (exact) mass is 240 g/mol. The molecule has 0 radical (unpaired) electrons. The highest BCUT2D eigenvalue weighted by atomic mass is 32.1. The van der Waals surface area contributed by atoms with Crippen molar-refractivity contribution in [3.05, 3.63) is 21.9 Å². The highest BCUT2D eigenvalue weighted by Crippen LogP contribution is 2.19. The van der Waals surface area contributed by atoms with Gasteiger partial charge in [0.2, 0.25) is 0 Å². The average molecular weight is 240 g/mol. The number of hydrogen-bond donors (Lipinski definition) is 1. The lowest BCUT2D eigenvalue weighted by Gasteiger charge is -2.22. The second-order valence-corrected chi connectivity index (χ2v) is 5.57. The summed E-state index contributed by atoms with van der Waals surface area (Å²) in [6.45, 7) is 9.80. The van der Waals surface area contributed by atoms with Crippen molar-refractivity contribution >= 4 is 11.3 Å². The van der Waals surface area contributed by atoms with Gasteiger partial charge in [-0.25, -0.2) is 0 Å². The Kier molecular flexibility index (Phi) is 6.03. The third-order valence-corrected chi connectivity index (χ3v) is 4.09. The van der Waals surface area contributed by atoms with E-state index in [0.29, 0.717) is 6.04 Å². The maximum absolute atomic E-state index is 3.36. The van der Waals surface area contributed by atoms with Crippen LogP contribution in [0.4, 0.5) is 0 Å². The Hall–Kier alpha value is -0.380. The highest BCUT2D eigenvalue weighted by molar-refractivity contribution is 7.11. The third kappa shape index (κ3) is 4.24. The van der Waals surface area contributed by atoms with Gasteiger partial charge in [0, 0.05) is 28.9 Å². The standard InChI is InChI=1S/C13H24N2S/c1-5-11(3)15(4)10-13-8-7-12(16-13)9-14-6-2/h7-8,11,14H,5-6,9-10H2,1-4H3. The van der Waals surface area contributed by atoms with Crippen LogP contribution in [0.2, 0.25) is 0 Å². The van der Waals surface area contributed by atoms with Crippen LogP contribution in [0.25, 0.3) is 0 Å². The predicted molar refractivity (Wildman–Crippen MR) is 72.9 cm³/mol. The quantitative estimate of drug-likeness (QED) is 0.788. The minimum atomic E-state index is 0.666. The van der Waals surface area contributed by atoms with E-state index in [-0.39, 0.29) is 0 Å². The van der Waals surface area contributed by atoms with E-state index in [4.69, 9.17) is 0 Å². The molecule has 0 saturated carbocycles. The highest BCUT2D eigenvalue weighted by Gasteiger charge is 2.08. The lowest BCUT2D eigenvalue weighted by atomic mass is 10.2. The summed E-state index contributed by atoms with van der Waals surface area (Å²) in [5.41, 5.74) is 0. The molecule has 0 aliphatic carbocycles. The Balaban J connectivity index is 2.45. The molecule has 0 amide bonds. The summed E-state index contributed by atoms with van der Waals surface area (Å²) < 4.78 is 0. The smallest absolute Gasteiger partial charge is 0.0327 e. The first-order valence-corrected chi connectivity index (χ1v) is 6.97. The van der Waals surface area contributed by atoms with Crippen molar-refractivity contribution in [2.24, 2.45) is 0 Å². The first-order valence-electron chi connectivity index (χ1n) is 6.15. The Morgan fingerprint density at radius 1 is 1.31 bits per heavy atom. The molecule has 1 aromatic rings. The summed E-state index contributed by atoms with van der Waals surface area (Å²) in [5, 5.41) is 3.36. The molecule has 0 aliphatic rings. The SMILES string of the molecule is CCNCc1ccc(CN(C)C(C)CC)s1. The maximum Gasteiger partial charge on any atom is 0.0327 e. The van der Waals surface area contributed by atoms with E-state index >= 15 is 0 Å². The number of thiophene rings is 1. The molecular formula is C13H24N2S. The van der Waals surface area contributed by atoms with Crippen LogP contribution in [-0.2, 0) is 13.1 Å². The van der Waals surface area contributed by atoms with Crippen LogP contribution in [-0.4, -0.2) is 24.5 Å². The fourth-order valence-corrected chi connectivity index (χ4v) is 2.62. The molecule has 0 spiro atoms. The molecule has 92 valence electrons. The van der Waals surface area contributed by atoms with Crippen LogP contribution in [0, 0.1) is 0 Å². The van der Waals surface area contributed by atoms with Gasteiger partial charge >= 0.3 is 0 Å². The molecule has 0 bridgehead atoms. The Morgan fingerprint density at radius 3 is 2.62 bits per heavy atom. The van der Waals surface area contributed by atoms with Gasteiger partial charge in [-0.2, -0.15) is 0 Å². The van der Waals surface area contributed by atoms with Gasteiger partial charge in [-0.3, -0.25) is 4.90 Å². The fraction of sp³-hybridized carbons (Fsp3) is 0.692. The first kappa shape index (κ1) is 13.7. The number of nitrogens with one attached hydrogen (secondary N) is 1. The zero-order valence-corrected chi connectivity index (χ0v) is 11.7. The van der Waals surface area contributed by atoms with E-state index < -0.39 is 0 Å². The minimum Gasteiger partial charge on any atom is -0.312 e. The van der Waals surface area contributed by atoms with E-state index in [1.54, 1.807) is 0 Å². The van der Waals surface area contributed by atoms with Crippen LogP contribution in [0.15, 0.2) is 12.1 Å². The predicted octanol–water partition coefficient (Wildman–Crippen LogP) is 3.09. The molecule has 0 aromatic carbocycles. The molecule has 3 heteroatoms. The van der Waals surface area contributed by atoms with E-state index in [0.717, 1.165) is 19.6 Å². The molecule has 1 atom stereocenters. The van der Waals surface area contributed by atoms with Crippen LogP contribution in [0.5, 0.6) is 0 Å². The van der Waals surface area contributed by atoms with Crippen molar-refractivity contribution < 1.29 is 0 Å². The van der Waals surface area contributed by atoms with Crippen molar-refractivity contribution in [3.63, 3.8) is 0 Å². The van der Waals surface area contributed by atoms with Crippen molar-refractivity contribution in [1.82, 2.24) is 10.2 Å². The van der Waals surface area contributed by atoms with Crippen molar-refractivity contribution in [2.45, 2.75) is 46.3 Å². The first-order chi connectivity index (χ1) is 7.67. The van der Waals surface area contributed by atoms with Gasteiger partial charge in [0.1, 0.15) is 0 Å². The molecule has 1 rings (SSSR count). The molecule has 0 aliphatic heterocycles. The lowest BCUT2D eigenvalue weighted by Crippen LogP contribution is -2.27. The van der Waals surface area contributed by atoms with Crippen molar-refractivity contribution in [3.8, 4) is 0 Å². The van der Waals surface area contributed by atoms with Crippen molar-refractivity contribution in [1.29, 1.82) is 0 Å². The number of rotatable bonds is 7. The largest absolute Gasteiger partial charge is 0.312 e. The van der Waals surface area contributed by atoms with Gasteiger partial charge in [-0.1, -0.05) is 13.8 Å². The van der Waals surface area contributed by atoms with Crippen LogP contribution in [0.3, 0.4) is 0 Å². The van der Waals surface area contributed by atoms with Crippen LogP contribution < -0.4 is 5.32 Å². The fourth-order valence-electron chi connectivity index (χ4n) is 1.56. The Morgan fingerprint density at radius 2 is 2.00 bits per heavy atom. The molecule has 0 saturated heterocycles. The molecule has 1 heterocycles. The number of nitrogens with zero attached hydrogens (tertiary/aromatic N) is 1. The summed E-state index contributed by atoms with van der Waals surface area (Å²) in [7, 11) is 2.21. The number of hydrogen-bond acceptors (Lipinski definition) is 3. The zero-order valence-electron chi connectivity index (χ0n) is 10.9. The second-order valence-electron chi connectivity index (χ2n) is 4.32. The van der Waals surface area contributed by atoms with E-state index in [9.17, 15) is 0 Å². The Labute approximate surface area is 104 Å². The molecule has 1 N–H and O–H groups in total. The Bertz CT molecular complexity index is 296. The zero-order chi connectivity index (χ0) is 12.0. The molecule has 0 fully saturated rings. The van der Waals surface area contributed by atoms with Gasteiger partial charge in [0.15, 0.2) is 0 Å². The van der Waals surface area contributed by atoms with Gasteiger partial charge in [0.25, 0.3) is 0 Å². The van der Waals surface area contributed by atoms with E-state index in [1.165, 1.54) is 16.2 Å². The molecule has 2 nitrogen and oxygen atoms in total. The molecule has 1 aromatic heterocycles. The average Bonchev–Trinajstić information content (AvgIpc) is 2.72. The molecule has 16 heavy (non-hydrogen) atoms. The van der Waals surface area contributed by atoms with E-state index in [1.807, 2.05) is 11.3 Å². The van der Waals surface area contributed by atoms with Gasteiger partial charge in [-0.15, -0.1) is 11.3 Å². The normalized spacial score (nSPS) is 13.3. The topological polar surface area (TPSA) is 15.3 Å². The summed E-state index contributed by atoms with van der Waals surface area (Å²) in [4.78, 5) is 5.33. The van der Waals surface area contributed by atoms with E-state index in [2.05, 4.69) is 50.2 Å². The van der Waals surface area contributed by atoms with Crippen LogP contribution in [0.1, 0.15) is 36.9 Å². The lowest BCUT2D eigenvalue weighted by molar-refractivity contribution is 0.246. The summed E-state index contributed by atoms with van der Waals surface area (Å²) in [6.07, 6.45) is 1.21. The van der Waals surface area contributed by atoms with Crippen molar-refractivity contribution in [2.75, 3.05) is 13.6 Å². The third-order valence-electron chi connectivity index (χ3n) is 3.02. The molecular weight excluding hydrogens is 216 g/mol. The maximum atomic E-state index is 3.36. The van der Waals surface area contributed by atoms with Gasteiger partial charge in [0.05, 0.1) is 0 Å². The minimum absolute atomic E-state index is 0.666.